The number of rotatable bonds is 3. The minimum atomic E-state index is -1.16. The van der Waals surface area contributed by atoms with Crippen molar-refractivity contribution in [1.82, 2.24) is 15.5 Å². The molecule has 0 radical (unpaired) electrons. The number of ether oxygens (including phenoxy) is 1. The molecule has 0 aliphatic rings. The molecule has 1 atom stereocenters. The van der Waals surface area contributed by atoms with Gasteiger partial charge in [0, 0.05) is 5.39 Å². The van der Waals surface area contributed by atoms with Crippen molar-refractivity contribution < 1.29 is 19.1 Å². The van der Waals surface area contributed by atoms with Gasteiger partial charge >= 0.3 is 12.0 Å². The fourth-order valence-electron chi connectivity index (χ4n) is 1.61. The van der Waals surface area contributed by atoms with Crippen LogP contribution >= 0.6 is 0 Å². The number of para-hydroxylation sites is 1. The second-order valence-corrected chi connectivity index (χ2v) is 4.02. The van der Waals surface area contributed by atoms with Gasteiger partial charge in [-0.25, -0.2) is 9.59 Å². The number of nitrogens with zero attached hydrogens (tertiary/aromatic N) is 1. The number of urea groups is 1. The van der Waals surface area contributed by atoms with E-state index in [-0.39, 0.29) is 5.69 Å². The number of aromatic amines is 1. The number of amides is 3. The van der Waals surface area contributed by atoms with Gasteiger partial charge in [0.2, 0.25) is 0 Å². The molecule has 2 rings (SSSR count). The van der Waals surface area contributed by atoms with Crippen LogP contribution in [0.3, 0.4) is 0 Å². The van der Waals surface area contributed by atoms with Gasteiger partial charge in [-0.15, -0.1) is 0 Å². The SMILES string of the molecule is C[C@@H](OC(=O)c1n[nH]c2ccccc12)C(=O)NC(N)=O. The molecule has 0 aliphatic carbocycles. The highest BCUT2D eigenvalue weighted by Crippen LogP contribution is 2.16. The zero-order valence-corrected chi connectivity index (χ0v) is 10.5. The fraction of sp³-hybridized carbons (Fsp3) is 0.167. The largest absolute Gasteiger partial charge is 0.448 e. The van der Waals surface area contributed by atoms with Crippen LogP contribution in [0.1, 0.15) is 17.4 Å². The average molecular weight is 276 g/mol. The molecule has 4 N–H and O–H groups in total. The number of imide groups is 1. The molecule has 1 heterocycles. The van der Waals surface area contributed by atoms with E-state index in [1.54, 1.807) is 24.3 Å². The van der Waals surface area contributed by atoms with Crippen LogP contribution in [0.15, 0.2) is 24.3 Å². The predicted molar refractivity (Wildman–Crippen MR) is 68.7 cm³/mol. The number of fused-ring (bicyclic) bond motifs is 1. The number of H-pyrrole nitrogens is 1. The Morgan fingerprint density at radius 2 is 2.05 bits per heavy atom. The van der Waals surface area contributed by atoms with Gasteiger partial charge in [-0.05, 0) is 13.0 Å². The van der Waals surface area contributed by atoms with Crippen LogP contribution in [0, 0.1) is 0 Å². The standard InChI is InChI=1S/C12H12N4O4/c1-6(10(17)14-12(13)19)20-11(18)9-7-4-2-3-5-8(7)15-16-9/h2-6H,1H3,(H,15,16)(H3,13,14,17,19)/t6-/m1/s1. The topological polar surface area (TPSA) is 127 Å². The fourth-order valence-corrected chi connectivity index (χ4v) is 1.61. The van der Waals surface area contributed by atoms with Gasteiger partial charge in [0.15, 0.2) is 11.8 Å². The minimum Gasteiger partial charge on any atom is -0.448 e. The number of esters is 1. The summed E-state index contributed by atoms with van der Waals surface area (Å²) >= 11 is 0. The Kier molecular flexibility index (Phi) is 3.65. The first-order valence-corrected chi connectivity index (χ1v) is 5.73. The first kappa shape index (κ1) is 13.5. The molecule has 0 fully saturated rings. The molecule has 0 saturated heterocycles. The van der Waals surface area contributed by atoms with Crippen LogP contribution in [0.4, 0.5) is 4.79 Å². The van der Waals surface area contributed by atoms with Crippen LogP contribution < -0.4 is 11.1 Å². The van der Waals surface area contributed by atoms with E-state index in [2.05, 4.69) is 10.2 Å². The maximum atomic E-state index is 11.9. The van der Waals surface area contributed by atoms with Crippen molar-refractivity contribution in [1.29, 1.82) is 0 Å². The first-order chi connectivity index (χ1) is 9.49. The number of benzene rings is 1. The highest BCUT2D eigenvalue weighted by Gasteiger charge is 2.22. The number of carbonyl (C=O) groups excluding carboxylic acids is 3. The Morgan fingerprint density at radius 1 is 1.35 bits per heavy atom. The molecule has 8 heteroatoms. The van der Waals surface area contributed by atoms with Gasteiger partial charge in [0.05, 0.1) is 5.52 Å². The molecule has 0 saturated carbocycles. The average Bonchev–Trinajstić information content (AvgIpc) is 2.81. The first-order valence-electron chi connectivity index (χ1n) is 5.73. The molecular formula is C12H12N4O4. The summed E-state index contributed by atoms with van der Waals surface area (Å²) in [5, 5.41) is 8.93. The number of nitrogens with one attached hydrogen (secondary N) is 2. The second kappa shape index (κ2) is 5.39. The van der Waals surface area contributed by atoms with Crippen LogP contribution in [-0.2, 0) is 9.53 Å². The number of nitrogens with two attached hydrogens (primary N) is 1. The zero-order valence-electron chi connectivity index (χ0n) is 10.5. The van der Waals surface area contributed by atoms with Crippen molar-refractivity contribution >= 4 is 28.8 Å². The van der Waals surface area contributed by atoms with Crippen LogP contribution in [0.25, 0.3) is 10.9 Å². The lowest BCUT2D eigenvalue weighted by Crippen LogP contribution is -2.42. The van der Waals surface area contributed by atoms with Crippen molar-refractivity contribution in [2.45, 2.75) is 13.0 Å². The van der Waals surface area contributed by atoms with Crippen LogP contribution in [0.5, 0.6) is 0 Å². The Bertz CT molecular complexity index is 679. The zero-order chi connectivity index (χ0) is 14.7. The summed E-state index contributed by atoms with van der Waals surface area (Å²) in [7, 11) is 0. The van der Waals surface area contributed by atoms with Crippen molar-refractivity contribution in [2.24, 2.45) is 5.73 Å². The van der Waals surface area contributed by atoms with Gasteiger partial charge in [-0.2, -0.15) is 5.10 Å². The van der Waals surface area contributed by atoms with Crippen molar-refractivity contribution in [2.75, 3.05) is 0 Å². The third-order valence-electron chi connectivity index (χ3n) is 2.56. The lowest BCUT2D eigenvalue weighted by atomic mass is 10.2. The number of hydrogen-bond donors (Lipinski definition) is 3. The van der Waals surface area contributed by atoms with Gasteiger partial charge in [0.1, 0.15) is 0 Å². The van der Waals surface area contributed by atoms with Gasteiger partial charge in [-0.3, -0.25) is 15.2 Å². The van der Waals surface area contributed by atoms with Crippen LogP contribution in [0.2, 0.25) is 0 Å². The minimum absolute atomic E-state index is 0.0688. The Labute approximate surface area is 113 Å². The highest BCUT2D eigenvalue weighted by molar-refractivity contribution is 6.03. The monoisotopic (exact) mass is 276 g/mol. The number of hydrogen-bond acceptors (Lipinski definition) is 5. The summed E-state index contributed by atoms with van der Waals surface area (Å²) in [6, 6.07) is 5.98. The van der Waals surface area contributed by atoms with E-state index in [0.29, 0.717) is 10.9 Å². The summed E-state index contributed by atoms with van der Waals surface area (Å²) in [5.41, 5.74) is 5.55. The molecule has 0 unspecified atom stereocenters. The van der Waals surface area contributed by atoms with Crippen LogP contribution in [-0.4, -0.2) is 34.2 Å². The van der Waals surface area contributed by atoms with E-state index >= 15 is 0 Å². The summed E-state index contributed by atoms with van der Waals surface area (Å²) in [4.78, 5) is 33.9. The number of aromatic nitrogens is 2. The molecule has 1 aromatic carbocycles. The maximum absolute atomic E-state index is 11.9. The molecular weight excluding hydrogens is 264 g/mol. The predicted octanol–water partition coefficient (Wildman–Crippen LogP) is 0.303. The Hall–Kier alpha value is -2.90. The van der Waals surface area contributed by atoms with Crippen molar-refractivity contribution in [3.05, 3.63) is 30.0 Å². The summed E-state index contributed by atoms with van der Waals surface area (Å²) in [6.45, 7) is 1.32. The highest BCUT2D eigenvalue weighted by atomic mass is 16.5. The molecule has 2 aromatic rings. The lowest BCUT2D eigenvalue weighted by Gasteiger charge is -2.10. The molecule has 104 valence electrons. The lowest BCUT2D eigenvalue weighted by molar-refractivity contribution is -0.127. The molecule has 20 heavy (non-hydrogen) atoms. The second-order valence-electron chi connectivity index (χ2n) is 4.02. The van der Waals surface area contributed by atoms with Gasteiger partial charge in [-0.1, -0.05) is 18.2 Å². The normalized spacial score (nSPS) is 11.8. The molecule has 0 bridgehead atoms. The van der Waals surface area contributed by atoms with Crippen molar-refractivity contribution in [3.8, 4) is 0 Å². The van der Waals surface area contributed by atoms with E-state index in [0.717, 1.165) is 0 Å². The van der Waals surface area contributed by atoms with Gasteiger partial charge < -0.3 is 10.5 Å². The number of carbonyl (C=O) groups is 3. The van der Waals surface area contributed by atoms with E-state index < -0.39 is 24.0 Å². The van der Waals surface area contributed by atoms with E-state index in [4.69, 9.17) is 10.5 Å². The summed E-state index contributed by atoms with van der Waals surface area (Å²) in [5.74, 6) is -1.57. The van der Waals surface area contributed by atoms with E-state index in [1.165, 1.54) is 6.92 Å². The molecule has 1 aromatic heterocycles. The van der Waals surface area contributed by atoms with E-state index in [9.17, 15) is 14.4 Å². The number of primary amides is 1. The molecule has 0 aliphatic heterocycles. The maximum Gasteiger partial charge on any atom is 0.360 e. The molecule has 3 amide bonds. The molecule has 0 spiro atoms. The summed E-state index contributed by atoms with van der Waals surface area (Å²) < 4.78 is 4.92. The Morgan fingerprint density at radius 3 is 2.75 bits per heavy atom. The smallest absolute Gasteiger partial charge is 0.360 e. The van der Waals surface area contributed by atoms with Crippen molar-refractivity contribution in [3.63, 3.8) is 0 Å². The Balaban J connectivity index is 2.12. The third kappa shape index (κ3) is 2.74. The third-order valence-corrected chi connectivity index (χ3v) is 2.56. The van der Waals surface area contributed by atoms with Gasteiger partial charge in [0.25, 0.3) is 5.91 Å². The quantitative estimate of drug-likeness (QED) is 0.695. The van der Waals surface area contributed by atoms with E-state index in [1.807, 2.05) is 5.32 Å². The summed E-state index contributed by atoms with van der Waals surface area (Å²) in [6.07, 6.45) is -1.16. The molecule has 8 nitrogen and oxygen atoms in total.